The number of carbonyl (C=O) groups excluding carboxylic acids is 1. The molecule has 0 aliphatic heterocycles. The van der Waals surface area contributed by atoms with Crippen LogP contribution in [0.15, 0.2) is 48.5 Å². The van der Waals surface area contributed by atoms with E-state index >= 15 is 0 Å². The summed E-state index contributed by atoms with van der Waals surface area (Å²) in [5.74, 6) is 0.222. The van der Waals surface area contributed by atoms with Crippen LogP contribution in [-0.2, 0) is 4.79 Å². The van der Waals surface area contributed by atoms with Gasteiger partial charge in [-0.15, -0.1) is 0 Å². The first-order chi connectivity index (χ1) is 9.60. The van der Waals surface area contributed by atoms with Gasteiger partial charge in [0, 0.05) is 16.8 Å². The standard InChI is InChI=1S/C15H15ClN2O2/c1-20-13-7-3-6-12(9-13)18-14(15(17)19)10-4-2-5-11(16)8-10/h2-9,14,18H,1H3,(H2,17,19). The van der Waals surface area contributed by atoms with Gasteiger partial charge in [-0.3, -0.25) is 4.79 Å². The van der Waals surface area contributed by atoms with E-state index in [-0.39, 0.29) is 0 Å². The van der Waals surface area contributed by atoms with Gasteiger partial charge >= 0.3 is 0 Å². The minimum atomic E-state index is -0.652. The fraction of sp³-hybridized carbons (Fsp3) is 0.133. The van der Waals surface area contributed by atoms with Gasteiger partial charge < -0.3 is 15.8 Å². The Morgan fingerprint density at radius 3 is 2.65 bits per heavy atom. The van der Waals surface area contributed by atoms with E-state index in [1.54, 1.807) is 37.4 Å². The quantitative estimate of drug-likeness (QED) is 0.890. The van der Waals surface area contributed by atoms with Gasteiger partial charge in [0.2, 0.25) is 5.91 Å². The highest BCUT2D eigenvalue weighted by molar-refractivity contribution is 6.30. The number of primary amides is 1. The van der Waals surface area contributed by atoms with Crippen LogP contribution in [0.4, 0.5) is 5.69 Å². The molecule has 0 spiro atoms. The van der Waals surface area contributed by atoms with Crippen LogP contribution in [0, 0.1) is 0 Å². The summed E-state index contributed by atoms with van der Waals surface area (Å²) in [6.45, 7) is 0. The first-order valence-corrected chi connectivity index (χ1v) is 6.43. The number of halogens is 1. The molecule has 0 heterocycles. The maximum atomic E-state index is 11.7. The Bertz CT molecular complexity index is 616. The van der Waals surface area contributed by atoms with Gasteiger partial charge in [-0.05, 0) is 29.8 Å². The van der Waals surface area contributed by atoms with Crippen molar-refractivity contribution < 1.29 is 9.53 Å². The van der Waals surface area contributed by atoms with Crippen molar-refractivity contribution in [3.05, 3.63) is 59.1 Å². The number of hydrogen-bond acceptors (Lipinski definition) is 3. The summed E-state index contributed by atoms with van der Waals surface area (Å²) in [7, 11) is 1.58. The molecule has 2 aromatic carbocycles. The Morgan fingerprint density at radius 2 is 2.00 bits per heavy atom. The third-order valence-electron chi connectivity index (χ3n) is 2.85. The normalized spacial score (nSPS) is 11.7. The summed E-state index contributed by atoms with van der Waals surface area (Å²) in [6.07, 6.45) is 0. The highest BCUT2D eigenvalue weighted by Gasteiger charge is 2.18. The van der Waals surface area contributed by atoms with Crippen molar-refractivity contribution in [3.8, 4) is 5.75 Å². The largest absolute Gasteiger partial charge is 0.497 e. The number of benzene rings is 2. The van der Waals surface area contributed by atoms with Crippen molar-refractivity contribution in [3.63, 3.8) is 0 Å². The van der Waals surface area contributed by atoms with E-state index in [1.807, 2.05) is 18.2 Å². The van der Waals surface area contributed by atoms with Gasteiger partial charge in [0.15, 0.2) is 0 Å². The van der Waals surface area contributed by atoms with Crippen LogP contribution in [-0.4, -0.2) is 13.0 Å². The molecule has 104 valence electrons. The molecule has 0 saturated carbocycles. The second kappa shape index (κ2) is 6.30. The van der Waals surface area contributed by atoms with Gasteiger partial charge in [0.25, 0.3) is 0 Å². The molecule has 0 saturated heterocycles. The Balaban J connectivity index is 2.28. The van der Waals surface area contributed by atoms with E-state index in [4.69, 9.17) is 22.1 Å². The zero-order valence-corrected chi connectivity index (χ0v) is 11.7. The Morgan fingerprint density at radius 1 is 1.25 bits per heavy atom. The molecule has 20 heavy (non-hydrogen) atoms. The van der Waals surface area contributed by atoms with Crippen LogP contribution < -0.4 is 15.8 Å². The molecule has 3 N–H and O–H groups in total. The van der Waals surface area contributed by atoms with E-state index in [0.717, 1.165) is 5.69 Å². The molecule has 2 aromatic rings. The van der Waals surface area contributed by atoms with Crippen LogP contribution in [0.2, 0.25) is 5.02 Å². The lowest BCUT2D eigenvalue weighted by Gasteiger charge is -2.17. The SMILES string of the molecule is COc1cccc(NC(C(N)=O)c2cccc(Cl)c2)c1. The first kappa shape index (κ1) is 14.2. The second-order valence-corrected chi connectivity index (χ2v) is 4.70. The van der Waals surface area contributed by atoms with Crippen molar-refractivity contribution in [1.29, 1.82) is 0 Å². The molecule has 0 radical (unpaired) electrons. The predicted molar refractivity (Wildman–Crippen MR) is 80.0 cm³/mol. The first-order valence-electron chi connectivity index (χ1n) is 6.05. The number of hydrogen-bond donors (Lipinski definition) is 2. The summed E-state index contributed by atoms with van der Waals surface area (Å²) >= 11 is 5.94. The highest BCUT2D eigenvalue weighted by Crippen LogP contribution is 2.24. The number of carbonyl (C=O) groups is 1. The van der Waals surface area contributed by atoms with Crippen LogP contribution in [0.3, 0.4) is 0 Å². The van der Waals surface area contributed by atoms with Gasteiger partial charge in [0.05, 0.1) is 7.11 Å². The number of amides is 1. The van der Waals surface area contributed by atoms with Gasteiger partial charge in [-0.25, -0.2) is 0 Å². The van der Waals surface area contributed by atoms with E-state index in [0.29, 0.717) is 16.3 Å². The van der Waals surface area contributed by atoms with Gasteiger partial charge in [0.1, 0.15) is 11.8 Å². The van der Waals surface area contributed by atoms with E-state index in [9.17, 15) is 4.79 Å². The third-order valence-corrected chi connectivity index (χ3v) is 3.08. The number of nitrogens with one attached hydrogen (secondary N) is 1. The molecule has 2 rings (SSSR count). The number of nitrogens with two attached hydrogens (primary N) is 1. The predicted octanol–water partition coefficient (Wildman–Crippen LogP) is 2.99. The third kappa shape index (κ3) is 3.42. The fourth-order valence-electron chi connectivity index (χ4n) is 1.88. The molecule has 0 aromatic heterocycles. The minimum Gasteiger partial charge on any atom is -0.497 e. The van der Waals surface area contributed by atoms with E-state index in [1.165, 1.54) is 0 Å². The molecular formula is C15H15ClN2O2. The molecule has 0 bridgehead atoms. The summed E-state index contributed by atoms with van der Waals surface area (Å²) in [5.41, 5.74) is 6.92. The average molecular weight is 291 g/mol. The smallest absolute Gasteiger partial charge is 0.244 e. The topological polar surface area (TPSA) is 64.3 Å². The van der Waals surface area contributed by atoms with Crippen molar-refractivity contribution in [1.82, 2.24) is 0 Å². The number of rotatable bonds is 5. The molecule has 0 fully saturated rings. The lowest BCUT2D eigenvalue weighted by Crippen LogP contribution is -2.27. The fourth-order valence-corrected chi connectivity index (χ4v) is 2.08. The highest BCUT2D eigenvalue weighted by atomic mass is 35.5. The molecule has 1 unspecified atom stereocenters. The van der Waals surface area contributed by atoms with Crippen LogP contribution in [0.25, 0.3) is 0 Å². The van der Waals surface area contributed by atoms with Crippen LogP contribution >= 0.6 is 11.6 Å². The average Bonchev–Trinajstić information content (AvgIpc) is 2.44. The zero-order valence-electron chi connectivity index (χ0n) is 11.0. The molecule has 1 amide bonds. The zero-order chi connectivity index (χ0) is 14.5. The summed E-state index contributed by atoms with van der Waals surface area (Å²) in [5, 5.41) is 3.64. The van der Waals surface area contributed by atoms with E-state index < -0.39 is 11.9 Å². The molecule has 4 nitrogen and oxygen atoms in total. The number of ether oxygens (including phenoxy) is 1. The Hall–Kier alpha value is -2.20. The van der Waals surface area contributed by atoms with Crippen molar-refractivity contribution in [2.45, 2.75) is 6.04 Å². The van der Waals surface area contributed by atoms with Crippen LogP contribution in [0.5, 0.6) is 5.75 Å². The van der Waals surface area contributed by atoms with Crippen molar-refractivity contribution >= 4 is 23.2 Å². The molecule has 0 aliphatic rings. The molecule has 1 atom stereocenters. The monoisotopic (exact) mass is 290 g/mol. The summed E-state index contributed by atoms with van der Waals surface area (Å²) in [6, 6.07) is 13.7. The van der Waals surface area contributed by atoms with Gasteiger partial charge in [-0.1, -0.05) is 29.8 Å². The summed E-state index contributed by atoms with van der Waals surface area (Å²) in [4.78, 5) is 11.7. The summed E-state index contributed by atoms with van der Waals surface area (Å²) < 4.78 is 5.14. The maximum Gasteiger partial charge on any atom is 0.244 e. The Labute approximate surface area is 122 Å². The lowest BCUT2D eigenvalue weighted by atomic mass is 10.1. The number of methoxy groups -OCH3 is 1. The maximum absolute atomic E-state index is 11.7. The second-order valence-electron chi connectivity index (χ2n) is 4.27. The van der Waals surface area contributed by atoms with Crippen LogP contribution in [0.1, 0.15) is 11.6 Å². The molecule has 5 heteroatoms. The van der Waals surface area contributed by atoms with Crippen molar-refractivity contribution in [2.24, 2.45) is 5.73 Å². The van der Waals surface area contributed by atoms with Gasteiger partial charge in [-0.2, -0.15) is 0 Å². The Kier molecular flexibility index (Phi) is 4.48. The minimum absolute atomic E-state index is 0.477. The lowest BCUT2D eigenvalue weighted by molar-refractivity contribution is -0.118. The van der Waals surface area contributed by atoms with Crippen molar-refractivity contribution in [2.75, 3.05) is 12.4 Å². The molecule has 0 aliphatic carbocycles. The molecular weight excluding hydrogens is 276 g/mol. The van der Waals surface area contributed by atoms with E-state index in [2.05, 4.69) is 5.32 Å². The number of anilines is 1.